The van der Waals surface area contributed by atoms with Crippen molar-refractivity contribution in [2.75, 3.05) is 0 Å². The lowest BCUT2D eigenvalue weighted by Gasteiger charge is -2.10. The summed E-state index contributed by atoms with van der Waals surface area (Å²) in [6.45, 7) is 2.66. The minimum atomic E-state index is -2.73. The van der Waals surface area contributed by atoms with E-state index >= 15 is 0 Å². The highest BCUT2D eigenvalue weighted by Gasteiger charge is 2.21. The highest BCUT2D eigenvalue weighted by molar-refractivity contribution is 5.24. The summed E-state index contributed by atoms with van der Waals surface area (Å²) in [5, 5.41) is 0. The number of hydrogen-bond acceptors (Lipinski definition) is 0. The van der Waals surface area contributed by atoms with Crippen LogP contribution in [0, 0.1) is 12.7 Å². The molecule has 0 nitrogen and oxygen atoms in total. The molecule has 0 fully saturated rings. The van der Waals surface area contributed by atoms with E-state index in [9.17, 15) is 13.2 Å². The Bertz CT molecular complexity index is 313. The van der Waals surface area contributed by atoms with Gasteiger partial charge in [0, 0.05) is 6.42 Å². The Balaban J connectivity index is 2.72. The Morgan fingerprint density at radius 3 is 2.50 bits per heavy atom. The molecule has 1 aromatic rings. The van der Waals surface area contributed by atoms with Gasteiger partial charge < -0.3 is 0 Å². The standard InChI is InChI=1S/C11H13F3/c1-8-3-4-10(12)9(7-8)5-6-11(2,13)14/h3-4,7H,5-6H2,1-2H3. The SMILES string of the molecule is Cc1ccc(F)c(CCC(C)(F)F)c1. The van der Waals surface area contributed by atoms with Gasteiger partial charge in [-0.15, -0.1) is 0 Å². The summed E-state index contributed by atoms with van der Waals surface area (Å²) in [6.07, 6.45) is -0.232. The van der Waals surface area contributed by atoms with Gasteiger partial charge in [-0.2, -0.15) is 0 Å². The minimum absolute atomic E-state index is 0.0804. The van der Waals surface area contributed by atoms with Crippen molar-refractivity contribution in [3.63, 3.8) is 0 Å². The van der Waals surface area contributed by atoms with Gasteiger partial charge in [-0.25, -0.2) is 13.2 Å². The number of rotatable bonds is 3. The first-order valence-corrected chi connectivity index (χ1v) is 4.51. The van der Waals surface area contributed by atoms with Crippen LogP contribution < -0.4 is 0 Å². The molecule has 0 amide bonds. The van der Waals surface area contributed by atoms with Crippen LogP contribution in [0.15, 0.2) is 18.2 Å². The number of hydrogen-bond donors (Lipinski definition) is 0. The van der Waals surface area contributed by atoms with Crippen LogP contribution in [0.5, 0.6) is 0 Å². The highest BCUT2D eigenvalue weighted by atomic mass is 19.3. The topological polar surface area (TPSA) is 0 Å². The highest BCUT2D eigenvalue weighted by Crippen LogP contribution is 2.21. The maximum Gasteiger partial charge on any atom is 0.245 e. The van der Waals surface area contributed by atoms with E-state index in [1.807, 2.05) is 6.92 Å². The fraction of sp³-hybridized carbons (Fsp3) is 0.455. The van der Waals surface area contributed by atoms with Gasteiger partial charge in [0.25, 0.3) is 0 Å². The number of benzene rings is 1. The van der Waals surface area contributed by atoms with Crippen LogP contribution in [0.2, 0.25) is 0 Å². The first-order valence-electron chi connectivity index (χ1n) is 4.51. The molecule has 0 spiro atoms. The number of alkyl halides is 2. The van der Waals surface area contributed by atoms with E-state index in [-0.39, 0.29) is 12.8 Å². The van der Waals surface area contributed by atoms with E-state index in [2.05, 4.69) is 0 Å². The van der Waals surface area contributed by atoms with Crippen molar-refractivity contribution in [3.05, 3.63) is 35.1 Å². The van der Waals surface area contributed by atoms with Crippen molar-refractivity contribution < 1.29 is 13.2 Å². The first kappa shape index (κ1) is 11.1. The van der Waals surface area contributed by atoms with Crippen molar-refractivity contribution in [1.82, 2.24) is 0 Å². The molecule has 0 aliphatic carbocycles. The van der Waals surface area contributed by atoms with Crippen molar-refractivity contribution in [2.45, 2.75) is 32.6 Å². The Kier molecular flexibility index (Phi) is 3.19. The van der Waals surface area contributed by atoms with E-state index in [4.69, 9.17) is 0 Å². The molecule has 0 saturated heterocycles. The summed E-state index contributed by atoms with van der Waals surface area (Å²) in [5.41, 5.74) is 1.26. The third kappa shape index (κ3) is 3.40. The molecule has 0 bridgehead atoms. The van der Waals surface area contributed by atoms with Gasteiger partial charge in [0.2, 0.25) is 5.92 Å². The maximum atomic E-state index is 13.1. The average Bonchev–Trinajstić information content (AvgIpc) is 2.05. The van der Waals surface area contributed by atoms with Gasteiger partial charge in [0.05, 0.1) is 0 Å². The molecular formula is C11H13F3. The molecule has 0 aliphatic rings. The quantitative estimate of drug-likeness (QED) is 0.700. The summed E-state index contributed by atoms with van der Waals surface area (Å²) >= 11 is 0. The van der Waals surface area contributed by atoms with E-state index in [0.717, 1.165) is 12.5 Å². The molecule has 0 saturated carbocycles. The molecule has 78 valence electrons. The van der Waals surface area contributed by atoms with E-state index in [0.29, 0.717) is 5.56 Å². The molecule has 0 unspecified atom stereocenters. The van der Waals surface area contributed by atoms with Gasteiger partial charge in [-0.3, -0.25) is 0 Å². The lowest BCUT2D eigenvalue weighted by molar-refractivity contribution is 0.0131. The Hall–Kier alpha value is -0.990. The fourth-order valence-corrected chi connectivity index (χ4v) is 1.25. The lowest BCUT2D eigenvalue weighted by atomic mass is 10.0. The van der Waals surface area contributed by atoms with Crippen LogP contribution >= 0.6 is 0 Å². The predicted octanol–water partition coefficient (Wildman–Crippen LogP) is 3.72. The molecule has 0 atom stereocenters. The zero-order valence-corrected chi connectivity index (χ0v) is 8.28. The predicted molar refractivity (Wildman–Crippen MR) is 50.1 cm³/mol. The van der Waals surface area contributed by atoms with Crippen molar-refractivity contribution >= 4 is 0 Å². The summed E-state index contributed by atoms with van der Waals surface area (Å²) in [7, 11) is 0. The van der Waals surface area contributed by atoms with E-state index < -0.39 is 11.7 Å². The minimum Gasteiger partial charge on any atom is -0.207 e. The van der Waals surface area contributed by atoms with E-state index in [1.165, 1.54) is 6.07 Å². The van der Waals surface area contributed by atoms with Gasteiger partial charge in [0.1, 0.15) is 5.82 Å². The summed E-state index contributed by atoms with van der Waals surface area (Å²) < 4.78 is 38.1. The average molecular weight is 202 g/mol. The molecule has 0 N–H and O–H groups in total. The third-order valence-corrected chi connectivity index (χ3v) is 2.03. The van der Waals surface area contributed by atoms with E-state index in [1.54, 1.807) is 12.1 Å². The monoisotopic (exact) mass is 202 g/mol. The van der Waals surface area contributed by atoms with Crippen molar-refractivity contribution in [3.8, 4) is 0 Å². The molecule has 0 aromatic heterocycles. The largest absolute Gasteiger partial charge is 0.245 e. The smallest absolute Gasteiger partial charge is 0.207 e. The first-order chi connectivity index (χ1) is 6.38. The zero-order valence-electron chi connectivity index (χ0n) is 8.28. The maximum absolute atomic E-state index is 13.1. The number of halogens is 3. The van der Waals surface area contributed by atoms with Crippen molar-refractivity contribution in [2.24, 2.45) is 0 Å². The fourth-order valence-electron chi connectivity index (χ4n) is 1.25. The molecule has 1 rings (SSSR count). The molecule has 0 aliphatic heterocycles. The Morgan fingerprint density at radius 1 is 1.29 bits per heavy atom. The second kappa shape index (κ2) is 4.03. The lowest BCUT2D eigenvalue weighted by Crippen LogP contribution is -2.11. The summed E-state index contributed by atoms with van der Waals surface area (Å²) in [5.74, 6) is -3.13. The number of aryl methyl sites for hydroxylation is 2. The van der Waals surface area contributed by atoms with Crippen LogP contribution in [0.25, 0.3) is 0 Å². The normalized spacial score (nSPS) is 11.8. The van der Waals surface area contributed by atoms with Gasteiger partial charge >= 0.3 is 0 Å². The Morgan fingerprint density at radius 2 is 1.93 bits per heavy atom. The molecular weight excluding hydrogens is 189 g/mol. The van der Waals surface area contributed by atoms with Crippen molar-refractivity contribution in [1.29, 1.82) is 0 Å². The third-order valence-electron chi connectivity index (χ3n) is 2.03. The molecule has 14 heavy (non-hydrogen) atoms. The zero-order chi connectivity index (χ0) is 10.8. The van der Waals surface area contributed by atoms with Gasteiger partial charge in [0.15, 0.2) is 0 Å². The molecule has 3 heteroatoms. The summed E-state index contributed by atoms with van der Waals surface area (Å²) in [4.78, 5) is 0. The second-order valence-corrected chi connectivity index (χ2v) is 3.67. The molecule has 0 heterocycles. The Labute approximate surface area is 81.8 Å². The molecule has 0 radical (unpaired) electrons. The van der Waals surface area contributed by atoms with Gasteiger partial charge in [-0.05, 0) is 31.9 Å². The second-order valence-electron chi connectivity index (χ2n) is 3.67. The van der Waals surface area contributed by atoms with Crippen LogP contribution in [0.3, 0.4) is 0 Å². The van der Waals surface area contributed by atoms with Crippen LogP contribution in [0.1, 0.15) is 24.5 Å². The molecule has 1 aromatic carbocycles. The van der Waals surface area contributed by atoms with Crippen LogP contribution in [-0.2, 0) is 6.42 Å². The van der Waals surface area contributed by atoms with Crippen LogP contribution in [0.4, 0.5) is 13.2 Å². The van der Waals surface area contributed by atoms with Crippen LogP contribution in [-0.4, -0.2) is 5.92 Å². The summed E-state index contributed by atoms with van der Waals surface area (Å²) in [6, 6.07) is 4.56. The van der Waals surface area contributed by atoms with Gasteiger partial charge in [-0.1, -0.05) is 17.7 Å².